The smallest absolute Gasteiger partial charge is 0.0706 e. The van der Waals surface area contributed by atoms with Crippen molar-refractivity contribution in [1.82, 2.24) is 0 Å². The molecule has 3 aromatic rings. The number of hydrogen-bond acceptors (Lipinski definition) is 0. The van der Waals surface area contributed by atoms with Crippen LogP contribution >= 0.6 is 0 Å². The van der Waals surface area contributed by atoms with Crippen molar-refractivity contribution in [1.29, 1.82) is 0 Å². The van der Waals surface area contributed by atoms with Gasteiger partial charge in [-0.2, -0.15) is 0 Å². The molecule has 0 spiro atoms. The lowest BCUT2D eigenvalue weighted by molar-refractivity contribution is 1.71. The van der Waals surface area contributed by atoms with Gasteiger partial charge in [0, 0.05) is 0 Å². The molecule has 0 unspecified atom stereocenters. The van der Waals surface area contributed by atoms with Gasteiger partial charge >= 0.3 is 0 Å². The Balaban J connectivity index is 2.19. The Kier molecular flexibility index (Phi) is 3.22. The largest absolute Gasteiger partial charge is 0.140 e. The van der Waals surface area contributed by atoms with Crippen LogP contribution < -0.4 is 15.6 Å². The Labute approximate surface area is 140 Å². The van der Waals surface area contributed by atoms with Crippen molar-refractivity contribution in [3.8, 4) is 11.1 Å². The van der Waals surface area contributed by atoms with Gasteiger partial charge in [-0.25, -0.2) is 0 Å². The quantitative estimate of drug-likeness (QED) is 0.630. The fourth-order valence-corrected chi connectivity index (χ4v) is 19.8. The van der Waals surface area contributed by atoms with Crippen molar-refractivity contribution >= 4 is 30.7 Å². The van der Waals surface area contributed by atoms with Crippen molar-refractivity contribution in [3.63, 3.8) is 0 Å². The summed E-state index contributed by atoms with van der Waals surface area (Å²) in [6, 6.07) is 29.6. The lowest BCUT2D eigenvalue weighted by Gasteiger charge is -2.41. The van der Waals surface area contributed by atoms with Crippen LogP contribution in [0.2, 0.25) is 19.6 Å². The highest BCUT2D eigenvalue weighted by atomic mass is 29.3. The Morgan fingerprint density at radius 3 is 1.48 bits per heavy atom. The maximum Gasteiger partial charge on any atom is 0.140 e. The molecule has 0 aromatic heterocycles. The van der Waals surface area contributed by atoms with E-state index in [1.165, 1.54) is 11.1 Å². The standard InChI is InChI=1S/C21H22Si2/c1-22(2,3)23(17-11-5-4-6-12-17)20-15-9-7-13-18(20)19-14-8-10-16-21(19)23/h4-16H,1-3H3. The Bertz CT molecular complexity index is 815. The molecule has 0 nitrogen and oxygen atoms in total. The highest BCUT2D eigenvalue weighted by Gasteiger charge is 2.55. The molecule has 4 rings (SSSR count). The highest BCUT2D eigenvalue weighted by Crippen LogP contribution is 2.32. The van der Waals surface area contributed by atoms with Gasteiger partial charge in [0.05, 0.1) is 7.59 Å². The van der Waals surface area contributed by atoms with Gasteiger partial charge in [-0.05, 0) is 21.5 Å². The molecule has 0 N–H and O–H groups in total. The Morgan fingerprint density at radius 1 is 0.565 bits per heavy atom. The van der Waals surface area contributed by atoms with Crippen LogP contribution in [0.15, 0.2) is 78.9 Å². The molecule has 0 radical (unpaired) electrons. The van der Waals surface area contributed by atoms with E-state index in [1.54, 1.807) is 15.6 Å². The molecular weight excluding hydrogens is 308 g/mol. The predicted molar refractivity (Wildman–Crippen MR) is 106 cm³/mol. The summed E-state index contributed by atoms with van der Waals surface area (Å²) in [7, 11) is -3.39. The van der Waals surface area contributed by atoms with Gasteiger partial charge in [0.2, 0.25) is 0 Å². The summed E-state index contributed by atoms with van der Waals surface area (Å²) in [5.41, 5.74) is 2.95. The molecule has 0 saturated heterocycles. The molecule has 114 valence electrons. The van der Waals surface area contributed by atoms with Gasteiger partial charge in [-0.3, -0.25) is 0 Å². The monoisotopic (exact) mass is 330 g/mol. The van der Waals surface area contributed by atoms with Crippen LogP contribution in [-0.4, -0.2) is 15.2 Å². The number of rotatable bonds is 2. The molecule has 0 amide bonds. The second-order valence-electron chi connectivity index (χ2n) is 7.46. The molecule has 1 aliphatic rings. The van der Waals surface area contributed by atoms with Crippen LogP contribution in [0.25, 0.3) is 11.1 Å². The maximum atomic E-state index is 2.56. The van der Waals surface area contributed by atoms with E-state index in [0.29, 0.717) is 0 Å². The summed E-state index contributed by atoms with van der Waals surface area (Å²) in [6.45, 7) is 7.68. The lowest BCUT2D eigenvalue weighted by atomic mass is 10.1. The average molecular weight is 331 g/mol. The summed E-state index contributed by atoms with van der Waals surface area (Å²) in [5.74, 6) is 0. The van der Waals surface area contributed by atoms with E-state index in [4.69, 9.17) is 0 Å². The third-order valence-electron chi connectivity index (χ3n) is 5.28. The molecule has 0 bridgehead atoms. The van der Waals surface area contributed by atoms with Crippen molar-refractivity contribution < 1.29 is 0 Å². The van der Waals surface area contributed by atoms with Crippen LogP contribution in [0.3, 0.4) is 0 Å². The molecule has 3 aromatic carbocycles. The summed E-state index contributed by atoms with van der Waals surface area (Å²) >= 11 is 0. The molecule has 1 aliphatic heterocycles. The van der Waals surface area contributed by atoms with Gasteiger partial charge in [0.15, 0.2) is 0 Å². The lowest BCUT2D eigenvalue weighted by Crippen LogP contribution is -2.78. The summed E-state index contributed by atoms with van der Waals surface area (Å²) in [5, 5.41) is 4.84. The van der Waals surface area contributed by atoms with E-state index in [2.05, 4.69) is 98.5 Å². The van der Waals surface area contributed by atoms with Crippen molar-refractivity contribution in [2.24, 2.45) is 0 Å². The number of hydrogen-bond donors (Lipinski definition) is 0. The molecule has 1 heterocycles. The van der Waals surface area contributed by atoms with Gasteiger partial charge in [0.1, 0.15) is 7.59 Å². The average Bonchev–Trinajstić information content (AvgIpc) is 2.87. The minimum atomic E-state index is -1.91. The first-order valence-corrected chi connectivity index (χ1v) is 14.8. The van der Waals surface area contributed by atoms with E-state index in [9.17, 15) is 0 Å². The van der Waals surface area contributed by atoms with E-state index < -0.39 is 15.2 Å². The molecule has 0 fully saturated rings. The number of benzene rings is 3. The van der Waals surface area contributed by atoms with E-state index >= 15 is 0 Å². The second-order valence-corrected chi connectivity index (χ2v) is 21.9. The van der Waals surface area contributed by atoms with E-state index in [0.717, 1.165) is 0 Å². The van der Waals surface area contributed by atoms with Gasteiger partial charge in [-0.1, -0.05) is 104 Å². The van der Waals surface area contributed by atoms with Crippen LogP contribution in [0.1, 0.15) is 0 Å². The third kappa shape index (κ3) is 1.88. The van der Waals surface area contributed by atoms with Crippen LogP contribution in [0, 0.1) is 0 Å². The normalized spacial score (nSPS) is 15.1. The van der Waals surface area contributed by atoms with Crippen LogP contribution in [0.4, 0.5) is 0 Å². The van der Waals surface area contributed by atoms with E-state index in [1.807, 2.05) is 0 Å². The summed E-state index contributed by atoms with van der Waals surface area (Å²) in [6.07, 6.45) is 0. The first-order valence-electron chi connectivity index (χ1n) is 8.32. The minimum Gasteiger partial charge on any atom is -0.0706 e. The molecule has 0 aliphatic carbocycles. The Morgan fingerprint density at radius 2 is 1.00 bits per heavy atom. The van der Waals surface area contributed by atoms with Gasteiger partial charge < -0.3 is 0 Å². The fourth-order valence-electron chi connectivity index (χ4n) is 4.48. The summed E-state index contributed by atoms with van der Waals surface area (Å²) in [4.78, 5) is 0. The first-order chi connectivity index (χ1) is 11.1. The zero-order valence-corrected chi connectivity index (χ0v) is 16.0. The topological polar surface area (TPSA) is 0 Å². The zero-order chi connectivity index (χ0) is 16.1. The van der Waals surface area contributed by atoms with Gasteiger partial charge in [-0.15, -0.1) is 0 Å². The molecule has 0 atom stereocenters. The van der Waals surface area contributed by atoms with Gasteiger partial charge in [0.25, 0.3) is 0 Å². The molecular formula is C21H22Si2. The Hall–Kier alpha value is -1.91. The predicted octanol–water partition coefficient (Wildman–Crippen LogP) is 3.55. The zero-order valence-electron chi connectivity index (χ0n) is 14.0. The third-order valence-corrected chi connectivity index (χ3v) is 20.5. The van der Waals surface area contributed by atoms with E-state index in [-0.39, 0.29) is 0 Å². The fraction of sp³-hybridized carbons (Fsp3) is 0.143. The molecule has 2 heteroatoms. The SMILES string of the molecule is C[Si](C)(C)[Si]1(c2ccccc2)c2ccccc2-c2ccccc21. The van der Waals surface area contributed by atoms with Crippen molar-refractivity contribution in [2.75, 3.05) is 0 Å². The molecule has 0 saturated carbocycles. The van der Waals surface area contributed by atoms with Crippen LogP contribution in [-0.2, 0) is 0 Å². The maximum absolute atomic E-state index is 2.56. The van der Waals surface area contributed by atoms with Crippen molar-refractivity contribution in [3.05, 3.63) is 78.9 Å². The first kappa shape index (κ1) is 14.7. The highest BCUT2D eigenvalue weighted by molar-refractivity contribution is 7.56. The van der Waals surface area contributed by atoms with Crippen molar-refractivity contribution in [2.45, 2.75) is 19.6 Å². The molecule has 23 heavy (non-hydrogen) atoms. The second kappa shape index (κ2) is 5.05. The van der Waals surface area contributed by atoms with Crippen LogP contribution in [0.5, 0.6) is 0 Å². The number of fused-ring (bicyclic) bond motifs is 3. The summed E-state index contributed by atoms with van der Waals surface area (Å²) < 4.78 is 0. The minimum absolute atomic E-state index is 1.47.